The molecule has 2 aromatic heterocycles. The number of aliphatic hydroxyl groups excluding tert-OH is 1. The molecule has 92 valence electrons. The second-order valence-electron chi connectivity index (χ2n) is 4.11. The third-order valence-electron chi connectivity index (χ3n) is 2.89. The maximum atomic E-state index is 10.4. The summed E-state index contributed by atoms with van der Waals surface area (Å²) < 4.78 is 2.35. The molecular weight excluding hydrogens is 328 g/mol. The van der Waals surface area contributed by atoms with Gasteiger partial charge < -0.3 is 5.11 Å². The highest BCUT2D eigenvalue weighted by molar-refractivity contribution is 9.11. The van der Waals surface area contributed by atoms with Crippen LogP contribution in [-0.4, -0.2) is 5.11 Å². The van der Waals surface area contributed by atoms with E-state index >= 15 is 0 Å². The fraction of sp³-hybridized carbons (Fsp3) is 0.143. The van der Waals surface area contributed by atoms with Gasteiger partial charge >= 0.3 is 0 Å². The van der Waals surface area contributed by atoms with Crippen LogP contribution in [0.1, 0.15) is 16.5 Å². The quantitative estimate of drug-likeness (QED) is 0.712. The standard InChI is InChI=1S/C14H11BrOS2/c15-14-6-5-9(18-14)7-12(16)11-8-17-13-4-2-1-3-10(11)13/h1-6,8,12,16H,7H2. The van der Waals surface area contributed by atoms with Gasteiger partial charge in [-0.15, -0.1) is 22.7 Å². The molecule has 0 aliphatic rings. The topological polar surface area (TPSA) is 20.2 Å². The maximum absolute atomic E-state index is 10.4. The molecule has 1 nitrogen and oxygen atoms in total. The molecule has 0 bridgehead atoms. The third kappa shape index (κ3) is 2.38. The Bertz CT molecular complexity index is 671. The Hall–Kier alpha value is -0.680. The lowest BCUT2D eigenvalue weighted by molar-refractivity contribution is 0.181. The van der Waals surface area contributed by atoms with E-state index in [1.807, 2.05) is 18.2 Å². The van der Waals surface area contributed by atoms with E-state index in [2.05, 4.69) is 39.5 Å². The number of hydrogen-bond acceptors (Lipinski definition) is 3. The SMILES string of the molecule is OC(Cc1ccc(Br)s1)c1csc2ccccc12. The summed E-state index contributed by atoms with van der Waals surface area (Å²) in [6.45, 7) is 0. The average Bonchev–Trinajstić information content (AvgIpc) is 2.95. The van der Waals surface area contributed by atoms with Crippen molar-refractivity contribution in [3.05, 3.63) is 56.0 Å². The summed E-state index contributed by atoms with van der Waals surface area (Å²) in [4.78, 5) is 1.20. The molecule has 1 N–H and O–H groups in total. The van der Waals surface area contributed by atoms with Crippen LogP contribution in [0.15, 0.2) is 45.6 Å². The second-order valence-corrected chi connectivity index (χ2v) is 7.57. The van der Waals surface area contributed by atoms with Crippen LogP contribution in [0.5, 0.6) is 0 Å². The van der Waals surface area contributed by atoms with Crippen LogP contribution < -0.4 is 0 Å². The van der Waals surface area contributed by atoms with Crippen molar-refractivity contribution in [3.63, 3.8) is 0 Å². The van der Waals surface area contributed by atoms with Crippen molar-refractivity contribution in [1.82, 2.24) is 0 Å². The van der Waals surface area contributed by atoms with E-state index in [-0.39, 0.29) is 0 Å². The predicted octanol–water partition coefficient (Wildman–Crippen LogP) is 5.00. The Morgan fingerprint density at radius 3 is 2.78 bits per heavy atom. The fourth-order valence-electron chi connectivity index (χ4n) is 2.02. The Balaban J connectivity index is 1.90. The number of thiophene rings is 2. The smallest absolute Gasteiger partial charge is 0.0852 e. The average molecular weight is 339 g/mol. The summed E-state index contributed by atoms with van der Waals surface area (Å²) in [5.41, 5.74) is 1.04. The first-order chi connectivity index (χ1) is 8.74. The molecule has 1 aromatic carbocycles. The van der Waals surface area contributed by atoms with E-state index in [1.165, 1.54) is 15.0 Å². The Kier molecular flexibility index (Phi) is 3.52. The summed E-state index contributed by atoms with van der Waals surface area (Å²) in [6, 6.07) is 12.3. The molecule has 0 spiro atoms. The first-order valence-electron chi connectivity index (χ1n) is 5.62. The van der Waals surface area contributed by atoms with Crippen LogP contribution in [0.3, 0.4) is 0 Å². The van der Waals surface area contributed by atoms with Crippen molar-refractivity contribution < 1.29 is 5.11 Å². The lowest BCUT2D eigenvalue weighted by Gasteiger charge is -2.08. The van der Waals surface area contributed by atoms with Gasteiger partial charge in [0.2, 0.25) is 0 Å². The van der Waals surface area contributed by atoms with E-state index in [9.17, 15) is 5.11 Å². The van der Waals surface area contributed by atoms with Gasteiger partial charge in [-0.2, -0.15) is 0 Å². The second kappa shape index (κ2) is 5.13. The summed E-state index contributed by atoms with van der Waals surface area (Å²) in [5, 5.41) is 13.6. The minimum atomic E-state index is -0.424. The normalized spacial score (nSPS) is 13.0. The number of hydrogen-bond donors (Lipinski definition) is 1. The van der Waals surface area contributed by atoms with Crippen molar-refractivity contribution in [1.29, 1.82) is 0 Å². The van der Waals surface area contributed by atoms with E-state index < -0.39 is 6.10 Å². The van der Waals surface area contributed by atoms with Crippen molar-refractivity contribution in [2.24, 2.45) is 0 Å². The molecule has 1 atom stereocenters. The number of fused-ring (bicyclic) bond motifs is 1. The minimum absolute atomic E-state index is 0.424. The first kappa shape index (κ1) is 12.4. The van der Waals surface area contributed by atoms with E-state index in [1.54, 1.807) is 22.7 Å². The largest absolute Gasteiger partial charge is 0.388 e. The summed E-state index contributed by atoms with van der Waals surface area (Å²) in [6.07, 6.45) is 0.253. The van der Waals surface area contributed by atoms with Crippen molar-refractivity contribution >= 4 is 48.7 Å². The molecule has 0 amide bonds. The highest BCUT2D eigenvalue weighted by Gasteiger charge is 2.14. The zero-order valence-corrected chi connectivity index (χ0v) is 12.7. The summed E-state index contributed by atoms with van der Waals surface area (Å²) in [5.74, 6) is 0. The number of rotatable bonds is 3. The molecule has 0 radical (unpaired) electrons. The van der Waals surface area contributed by atoms with Crippen LogP contribution in [0.2, 0.25) is 0 Å². The van der Waals surface area contributed by atoms with Crippen LogP contribution in [0.25, 0.3) is 10.1 Å². The zero-order chi connectivity index (χ0) is 12.5. The van der Waals surface area contributed by atoms with E-state index in [0.29, 0.717) is 6.42 Å². The molecular formula is C14H11BrOS2. The molecule has 0 aliphatic heterocycles. The number of aliphatic hydroxyl groups is 1. The first-order valence-corrected chi connectivity index (χ1v) is 8.11. The van der Waals surface area contributed by atoms with Gasteiger partial charge in [0.05, 0.1) is 9.89 Å². The molecule has 0 aliphatic carbocycles. The van der Waals surface area contributed by atoms with Gasteiger partial charge in [0.1, 0.15) is 0 Å². The van der Waals surface area contributed by atoms with Gasteiger partial charge in [0, 0.05) is 16.0 Å². The molecule has 18 heavy (non-hydrogen) atoms. The van der Waals surface area contributed by atoms with Gasteiger partial charge in [0.15, 0.2) is 0 Å². The van der Waals surface area contributed by atoms with E-state index in [0.717, 1.165) is 9.35 Å². The van der Waals surface area contributed by atoms with Gasteiger partial charge in [-0.25, -0.2) is 0 Å². The fourth-order valence-corrected chi connectivity index (χ4v) is 4.55. The predicted molar refractivity (Wildman–Crippen MR) is 82.5 cm³/mol. The number of benzene rings is 1. The Morgan fingerprint density at radius 2 is 2.00 bits per heavy atom. The number of halogens is 1. The molecule has 1 unspecified atom stereocenters. The maximum Gasteiger partial charge on any atom is 0.0852 e. The lowest BCUT2D eigenvalue weighted by atomic mass is 10.1. The third-order valence-corrected chi connectivity index (χ3v) is 5.52. The molecule has 0 fully saturated rings. The van der Waals surface area contributed by atoms with Gasteiger partial charge in [-0.1, -0.05) is 18.2 Å². The highest BCUT2D eigenvalue weighted by atomic mass is 79.9. The monoisotopic (exact) mass is 338 g/mol. The van der Waals surface area contributed by atoms with Crippen LogP contribution >= 0.6 is 38.6 Å². The molecule has 3 rings (SSSR count). The summed E-state index contributed by atoms with van der Waals surface area (Å²) in [7, 11) is 0. The van der Waals surface area contributed by atoms with Crippen molar-refractivity contribution in [2.45, 2.75) is 12.5 Å². The zero-order valence-electron chi connectivity index (χ0n) is 9.47. The van der Waals surface area contributed by atoms with Gasteiger partial charge in [-0.3, -0.25) is 0 Å². The van der Waals surface area contributed by atoms with Crippen LogP contribution in [0, 0.1) is 0 Å². The van der Waals surface area contributed by atoms with Gasteiger partial charge in [0.25, 0.3) is 0 Å². The Morgan fingerprint density at radius 1 is 1.17 bits per heavy atom. The van der Waals surface area contributed by atoms with Gasteiger partial charge in [-0.05, 0) is 50.5 Å². The molecule has 3 aromatic rings. The van der Waals surface area contributed by atoms with E-state index in [4.69, 9.17) is 0 Å². The molecule has 0 saturated heterocycles. The molecule has 0 saturated carbocycles. The van der Waals surface area contributed by atoms with Crippen LogP contribution in [-0.2, 0) is 6.42 Å². The van der Waals surface area contributed by atoms with Crippen molar-refractivity contribution in [2.75, 3.05) is 0 Å². The molecule has 4 heteroatoms. The van der Waals surface area contributed by atoms with Crippen LogP contribution in [0.4, 0.5) is 0 Å². The van der Waals surface area contributed by atoms with Crippen molar-refractivity contribution in [3.8, 4) is 0 Å². The summed E-state index contributed by atoms with van der Waals surface area (Å²) >= 11 is 6.82. The lowest BCUT2D eigenvalue weighted by Crippen LogP contribution is -1.99. The highest BCUT2D eigenvalue weighted by Crippen LogP contribution is 2.33. The Labute approximate surface area is 122 Å². The minimum Gasteiger partial charge on any atom is -0.388 e. The molecule has 2 heterocycles.